The molecule has 0 radical (unpaired) electrons. The van der Waals surface area contributed by atoms with Gasteiger partial charge in [0, 0.05) is 0 Å². The van der Waals surface area contributed by atoms with Crippen LogP contribution in [0.1, 0.15) is 91.9 Å². The van der Waals surface area contributed by atoms with Crippen molar-refractivity contribution in [2.24, 2.45) is 23.7 Å². The molecule has 7 atom stereocenters. The molecule has 116 valence electrons. The zero-order chi connectivity index (χ0) is 14.4. The SMILES string of the molecule is CCc1ccc2c(c1C1CC3CCC1C3)C1C3CCC(C3)C21. The molecule has 5 aliphatic carbocycles. The van der Waals surface area contributed by atoms with Gasteiger partial charge in [0.05, 0.1) is 0 Å². The van der Waals surface area contributed by atoms with Crippen molar-refractivity contribution < 1.29 is 0 Å². The lowest BCUT2D eigenvalue weighted by Gasteiger charge is -2.46. The van der Waals surface area contributed by atoms with E-state index in [-0.39, 0.29) is 0 Å². The average molecular weight is 292 g/mol. The van der Waals surface area contributed by atoms with Crippen LogP contribution in [0.15, 0.2) is 12.1 Å². The first-order valence-corrected chi connectivity index (χ1v) is 10.0. The predicted molar refractivity (Wildman–Crippen MR) is 90.3 cm³/mol. The second-order valence-corrected chi connectivity index (χ2v) is 9.16. The van der Waals surface area contributed by atoms with Crippen LogP contribution in [-0.2, 0) is 6.42 Å². The van der Waals surface area contributed by atoms with E-state index in [2.05, 4.69) is 19.1 Å². The maximum absolute atomic E-state index is 2.55. The predicted octanol–water partition coefficient (Wildman–Crippen LogP) is 5.76. The van der Waals surface area contributed by atoms with Gasteiger partial charge in [0.25, 0.3) is 0 Å². The van der Waals surface area contributed by atoms with Crippen LogP contribution in [-0.4, -0.2) is 0 Å². The zero-order valence-electron chi connectivity index (χ0n) is 13.9. The fourth-order valence-electron chi connectivity index (χ4n) is 7.76. The highest BCUT2D eigenvalue weighted by Gasteiger charge is 2.57. The van der Waals surface area contributed by atoms with Crippen molar-refractivity contribution in [3.63, 3.8) is 0 Å². The summed E-state index contributed by atoms with van der Waals surface area (Å²) in [6.45, 7) is 2.38. The average Bonchev–Trinajstić information content (AvgIpc) is 3.28. The summed E-state index contributed by atoms with van der Waals surface area (Å²) in [5.41, 5.74) is 7.35. The lowest BCUT2D eigenvalue weighted by atomic mass is 9.58. The Labute approximate surface area is 134 Å². The molecule has 0 amide bonds. The fraction of sp³-hybridized carbons (Fsp3) is 0.727. The first kappa shape index (κ1) is 12.6. The molecule has 0 spiro atoms. The van der Waals surface area contributed by atoms with Crippen molar-refractivity contribution in [1.82, 2.24) is 0 Å². The first-order valence-electron chi connectivity index (χ1n) is 10.0. The van der Waals surface area contributed by atoms with E-state index in [1.54, 1.807) is 18.4 Å². The largest absolute Gasteiger partial charge is 0.0613 e. The topological polar surface area (TPSA) is 0 Å². The van der Waals surface area contributed by atoms with E-state index in [4.69, 9.17) is 0 Å². The van der Waals surface area contributed by atoms with Gasteiger partial charge in [0.15, 0.2) is 0 Å². The van der Waals surface area contributed by atoms with Crippen LogP contribution in [0.4, 0.5) is 0 Å². The molecule has 1 aromatic carbocycles. The number of fused-ring (bicyclic) bond motifs is 10. The molecule has 22 heavy (non-hydrogen) atoms. The molecule has 4 saturated carbocycles. The second kappa shape index (κ2) is 4.19. The molecule has 6 rings (SSSR count). The smallest absolute Gasteiger partial charge is 0.00561 e. The van der Waals surface area contributed by atoms with E-state index in [0.29, 0.717) is 0 Å². The number of hydrogen-bond acceptors (Lipinski definition) is 0. The van der Waals surface area contributed by atoms with Crippen LogP contribution in [0.25, 0.3) is 0 Å². The third-order valence-electron chi connectivity index (χ3n) is 8.51. The fourth-order valence-corrected chi connectivity index (χ4v) is 7.76. The van der Waals surface area contributed by atoms with Crippen molar-refractivity contribution in [1.29, 1.82) is 0 Å². The molecule has 4 bridgehead atoms. The van der Waals surface area contributed by atoms with Crippen LogP contribution in [0, 0.1) is 23.7 Å². The van der Waals surface area contributed by atoms with Gasteiger partial charge >= 0.3 is 0 Å². The van der Waals surface area contributed by atoms with Gasteiger partial charge in [0.2, 0.25) is 0 Å². The molecule has 7 unspecified atom stereocenters. The normalized spacial score (nSPS) is 46.7. The van der Waals surface area contributed by atoms with Gasteiger partial charge in [-0.25, -0.2) is 0 Å². The van der Waals surface area contributed by atoms with Crippen LogP contribution in [0.3, 0.4) is 0 Å². The summed E-state index contributed by atoms with van der Waals surface area (Å²) in [5, 5.41) is 0. The zero-order valence-corrected chi connectivity index (χ0v) is 13.9. The highest BCUT2D eigenvalue weighted by Crippen LogP contribution is 2.70. The van der Waals surface area contributed by atoms with Gasteiger partial charge in [-0.1, -0.05) is 25.5 Å². The molecule has 5 aliphatic rings. The Morgan fingerprint density at radius 2 is 1.64 bits per heavy atom. The van der Waals surface area contributed by atoms with Crippen molar-refractivity contribution in [3.05, 3.63) is 34.4 Å². The Morgan fingerprint density at radius 1 is 0.818 bits per heavy atom. The molecular formula is C22H28. The molecule has 0 aromatic heterocycles. The molecule has 0 aliphatic heterocycles. The third kappa shape index (κ3) is 1.37. The summed E-state index contributed by atoms with van der Waals surface area (Å²) in [4.78, 5) is 0. The maximum atomic E-state index is 2.55. The maximum Gasteiger partial charge on any atom is -0.00561 e. The minimum absolute atomic E-state index is 0.948. The number of hydrogen-bond donors (Lipinski definition) is 0. The standard InChI is InChI=1S/C22H28/c1-2-13-7-8-17-20-15-5-6-16(11-15)21(20)22(17)19(13)18-10-12-3-4-14(18)9-12/h7-8,12,14-16,18,20-21H,2-6,9-11H2,1H3. The van der Waals surface area contributed by atoms with E-state index < -0.39 is 0 Å². The molecule has 0 nitrogen and oxygen atoms in total. The van der Waals surface area contributed by atoms with Crippen molar-refractivity contribution >= 4 is 0 Å². The minimum Gasteiger partial charge on any atom is -0.0613 e. The highest BCUT2D eigenvalue weighted by atomic mass is 14.6. The van der Waals surface area contributed by atoms with Crippen molar-refractivity contribution in [2.75, 3.05) is 0 Å². The Kier molecular flexibility index (Phi) is 2.40. The van der Waals surface area contributed by atoms with Gasteiger partial charge in [0.1, 0.15) is 0 Å². The summed E-state index contributed by atoms with van der Waals surface area (Å²) >= 11 is 0. The molecular weight excluding hydrogens is 264 g/mol. The van der Waals surface area contributed by atoms with Gasteiger partial charge in [-0.05, 0) is 109 Å². The van der Waals surface area contributed by atoms with Gasteiger partial charge < -0.3 is 0 Å². The first-order chi connectivity index (χ1) is 10.8. The summed E-state index contributed by atoms with van der Waals surface area (Å²) in [7, 11) is 0. The van der Waals surface area contributed by atoms with E-state index >= 15 is 0 Å². The Hall–Kier alpha value is -0.780. The lowest BCUT2D eigenvalue weighted by molar-refractivity contribution is 0.313. The molecule has 1 aromatic rings. The quantitative estimate of drug-likeness (QED) is 0.649. The highest BCUT2D eigenvalue weighted by molar-refractivity contribution is 5.57. The summed E-state index contributed by atoms with van der Waals surface area (Å²) in [6.07, 6.45) is 12.0. The van der Waals surface area contributed by atoms with Crippen molar-refractivity contribution in [2.45, 2.75) is 76.0 Å². The minimum atomic E-state index is 0.948. The van der Waals surface area contributed by atoms with Gasteiger partial charge in [-0.15, -0.1) is 0 Å². The molecule has 0 N–H and O–H groups in total. The number of rotatable bonds is 2. The van der Waals surface area contributed by atoms with Crippen LogP contribution < -0.4 is 0 Å². The lowest BCUT2D eigenvalue weighted by Crippen LogP contribution is -2.32. The Morgan fingerprint density at radius 3 is 2.36 bits per heavy atom. The van der Waals surface area contributed by atoms with Gasteiger partial charge in [-0.2, -0.15) is 0 Å². The molecule has 0 saturated heterocycles. The van der Waals surface area contributed by atoms with E-state index in [0.717, 1.165) is 41.4 Å². The van der Waals surface area contributed by atoms with Crippen LogP contribution >= 0.6 is 0 Å². The van der Waals surface area contributed by atoms with E-state index in [1.807, 2.05) is 16.7 Å². The summed E-state index contributed by atoms with van der Waals surface area (Å²) in [6, 6.07) is 5.08. The Bertz CT molecular complexity index is 642. The Balaban J connectivity index is 1.50. The third-order valence-corrected chi connectivity index (χ3v) is 8.51. The van der Waals surface area contributed by atoms with Crippen molar-refractivity contribution in [3.8, 4) is 0 Å². The van der Waals surface area contributed by atoms with E-state index in [9.17, 15) is 0 Å². The second-order valence-electron chi connectivity index (χ2n) is 9.16. The summed E-state index contributed by atoms with van der Waals surface area (Å²) < 4.78 is 0. The van der Waals surface area contributed by atoms with Gasteiger partial charge in [-0.3, -0.25) is 0 Å². The van der Waals surface area contributed by atoms with Crippen LogP contribution in [0.5, 0.6) is 0 Å². The molecule has 0 heteroatoms. The monoisotopic (exact) mass is 292 g/mol. The number of aryl methyl sites for hydroxylation is 1. The van der Waals surface area contributed by atoms with Crippen LogP contribution in [0.2, 0.25) is 0 Å². The summed E-state index contributed by atoms with van der Waals surface area (Å²) in [5.74, 6) is 7.16. The molecule has 0 heterocycles. The number of benzene rings is 1. The molecule has 4 fully saturated rings. The van der Waals surface area contributed by atoms with E-state index in [1.165, 1.54) is 38.5 Å².